The van der Waals surface area contributed by atoms with E-state index in [-0.39, 0.29) is 0 Å². The summed E-state index contributed by atoms with van der Waals surface area (Å²) in [6.45, 7) is 6.05. The third-order valence-corrected chi connectivity index (χ3v) is 3.16. The molecule has 0 aliphatic carbocycles. The normalized spacial score (nSPS) is 12.6. The largest absolute Gasteiger partial charge is 0.367 e. The van der Waals surface area contributed by atoms with Crippen molar-refractivity contribution in [2.45, 2.75) is 19.9 Å². The summed E-state index contributed by atoms with van der Waals surface area (Å²) in [6.07, 6.45) is 0.867. The number of hydrogen-bond acceptors (Lipinski definition) is 3. The highest BCUT2D eigenvalue weighted by Crippen LogP contribution is 2.24. The molecular weight excluding hydrogens is 248 g/mol. The molecule has 0 aromatic heterocycles. The van der Waals surface area contributed by atoms with Crippen molar-refractivity contribution >= 4 is 23.6 Å². The molecule has 1 aromatic carbocycles. The smallest absolute Gasteiger partial charge is 0.152 e. The third kappa shape index (κ3) is 3.72. The number of halogens is 1. The van der Waals surface area contributed by atoms with Crippen molar-refractivity contribution in [1.29, 1.82) is 0 Å². The maximum atomic E-state index is 11.1. The number of carbonyl (C=O) groups excluding carboxylic acids is 1. The van der Waals surface area contributed by atoms with Crippen molar-refractivity contribution in [2.75, 3.05) is 32.1 Å². The SMILES string of the molecule is CCN(c1ccc(Cl)cc1C=O)C(C)CN(C)C. The lowest BCUT2D eigenvalue weighted by Gasteiger charge is -2.33. The van der Waals surface area contributed by atoms with Gasteiger partial charge < -0.3 is 9.80 Å². The van der Waals surface area contributed by atoms with Crippen molar-refractivity contribution in [3.05, 3.63) is 28.8 Å². The van der Waals surface area contributed by atoms with E-state index in [9.17, 15) is 4.79 Å². The second-order valence-electron chi connectivity index (χ2n) is 4.72. The first-order chi connectivity index (χ1) is 8.49. The highest BCUT2D eigenvalue weighted by molar-refractivity contribution is 6.31. The standard InChI is InChI=1S/C14H21ClN2O/c1-5-17(11(2)9-16(3)4)14-7-6-13(15)8-12(14)10-18/h6-8,10-11H,5,9H2,1-4H3. The number of benzene rings is 1. The first kappa shape index (κ1) is 15.0. The molecule has 1 atom stereocenters. The molecule has 100 valence electrons. The first-order valence-electron chi connectivity index (χ1n) is 6.15. The predicted octanol–water partition coefficient (Wildman–Crippen LogP) is 2.93. The van der Waals surface area contributed by atoms with Gasteiger partial charge in [0.05, 0.1) is 0 Å². The zero-order valence-electron chi connectivity index (χ0n) is 11.5. The first-order valence-corrected chi connectivity index (χ1v) is 6.53. The summed E-state index contributed by atoms with van der Waals surface area (Å²) in [4.78, 5) is 15.5. The van der Waals surface area contributed by atoms with E-state index in [0.717, 1.165) is 25.1 Å². The van der Waals surface area contributed by atoms with Crippen LogP contribution in [0.25, 0.3) is 0 Å². The van der Waals surface area contributed by atoms with Crippen LogP contribution in [0.1, 0.15) is 24.2 Å². The Labute approximate surface area is 114 Å². The molecule has 0 aliphatic rings. The Hall–Kier alpha value is -1.06. The number of likely N-dealkylation sites (N-methyl/N-ethyl adjacent to an activating group) is 2. The van der Waals surface area contributed by atoms with Gasteiger partial charge in [-0.15, -0.1) is 0 Å². The summed E-state index contributed by atoms with van der Waals surface area (Å²) in [6, 6.07) is 5.80. The van der Waals surface area contributed by atoms with Crippen LogP contribution in [-0.2, 0) is 0 Å². The molecule has 4 heteroatoms. The molecule has 1 rings (SSSR count). The zero-order chi connectivity index (χ0) is 13.7. The molecule has 0 spiro atoms. The van der Waals surface area contributed by atoms with Gasteiger partial charge in [-0.05, 0) is 46.1 Å². The molecule has 0 amide bonds. The van der Waals surface area contributed by atoms with Gasteiger partial charge in [0.2, 0.25) is 0 Å². The molecule has 1 unspecified atom stereocenters. The van der Waals surface area contributed by atoms with E-state index in [1.165, 1.54) is 0 Å². The highest BCUT2D eigenvalue weighted by atomic mass is 35.5. The van der Waals surface area contributed by atoms with Gasteiger partial charge in [-0.3, -0.25) is 4.79 Å². The van der Waals surface area contributed by atoms with Crippen LogP contribution in [0.2, 0.25) is 5.02 Å². The lowest BCUT2D eigenvalue weighted by molar-refractivity contribution is 0.112. The van der Waals surface area contributed by atoms with E-state index in [1.807, 2.05) is 26.2 Å². The van der Waals surface area contributed by atoms with Crippen LogP contribution in [0.4, 0.5) is 5.69 Å². The molecule has 0 radical (unpaired) electrons. The maximum absolute atomic E-state index is 11.1. The van der Waals surface area contributed by atoms with Crippen LogP contribution in [0.5, 0.6) is 0 Å². The number of rotatable bonds is 6. The molecule has 0 bridgehead atoms. The highest BCUT2D eigenvalue weighted by Gasteiger charge is 2.16. The fourth-order valence-electron chi connectivity index (χ4n) is 2.23. The molecule has 0 saturated carbocycles. The van der Waals surface area contributed by atoms with Crippen molar-refractivity contribution in [2.24, 2.45) is 0 Å². The van der Waals surface area contributed by atoms with E-state index in [2.05, 4.69) is 23.6 Å². The van der Waals surface area contributed by atoms with E-state index in [1.54, 1.807) is 6.07 Å². The van der Waals surface area contributed by atoms with Gasteiger partial charge in [-0.2, -0.15) is 0 Å². The molecule has 0 fully saturated rings. The average molecular weight is 269 g/mol. The quantitative estimate of drug-likeness (QED) is 0.741. The Morgan fingerprint density at radius 1 is 1.39 bits per heavy atom. The number of aldehydes is 1. The Morgan fingerprint density at radius 2 is 2.06 bits per heavy atom. The summed E-state index contributed by atoms with van der Waals surface area (Å²) in [5, 5.41) is 0.595. The molecule has 0 aliphatic heterocycles. The lowest BCUT2D eigenvalue weighted by Crippen LogP contribution is -2.40. The number of carbonyl (C=O) groups is 1. The second-order valence-corrected chi connectivity index (χ2v) is 5.15. The number of hydrogen-bond donors (Lipinski definition) is 0. The fraction of sp³-hybridized carbons (Fsp3) is 0.500. The monoisotopic (exact) mass is 268 g/mol. The lowest BCUT2D eigenvalue weighted by atomic mass is 10.1. The van der Waals surface area contributed by atoms with E-state index in [4.69, 9.17) is 11.6 Å². The topological polar surface area (TPSA) is 23.6 Å². The molecule has 0 saturated heterocycles. The Balaban J connectivity index is 3.04. The summed E-state index contributed by atoms with van der Waals surface area (Å²) in [5.41, 5.74) is 1.60. The van der Waals surface area contributed by atoms with Gasteiger partial charge in [0, 0.05) is 35.4 Å². The Morgan fingerprint density at radius 3 is 2.56 bits per heavy atom. The molecule has 1 aromatic rings. The minimum absolute atomic E-state index is 0.338. The molecule has 0 heterocycles. The molecule has 0 N–H and O–H groups in total. The van der Waals surface area contributed by atoms with Gasteiger partial charge in [0.25, 0.3) is 0 Å². The number of nitrogens with zero attached hydrogens (tertiary/aromatic N) is 2. The molecular formula is C14H21ClN2O. The van der Waals surface area contributed by atoms with Crippen LogP contribution in [0.15, 0.2) is 18.2 Å². The Kier molecular flexibility index (Phi) is 5.63. The average Bonchev–Trinajstić information content (AvgIpc) is 2.30. The maximum Gasteiger partial charge on any atom is 0.152 e. The van der Waals surface area contributed by atoms with Gasteiger partial charge in [-0.1, -0.05) is 11.6 Å². The Bertz CT molecular complexity index is 407. The van der Waals surface area contributed by atoms with Gasteiger partial charge >= 0.3 is 0 Å². The molecule has 18 heavy (non-hydrogen) atoms. The summed E-state index contributed by atoms with van der Waals surface area (Å²) < 4.78 is 0. The van der Waals surface area contributed by atoms with Crippen LogP contribution in [-0.4, -0.2) is 44.4 Å². The molecule has 3 nitrogen and oxygen atoms in total. The van der Waals surface area contributed by atoms with Crippen LogP contribution < -0.4 is 4.90 Å². The zero-order valence-corrected chi connectivity index (χ0v) is 12.2. The van der Waals surface area contributed by atoms with Crippen molar-refractivity contribution in [1.82, 2.24) is 4.90 Å². The fourth-order valence-corrected chi connectivity index (χ4v) is 2.41. The van der Waals surface area contributed by atoms with Crippen LogP contribution >= 0.6 is 11.6 Å². The van der Waals surface area contributed by atoms with Gasteiger partial charge in [-0.25, -0.2) is 0 Å². The number of anilines is 1. The summed E-state index contributed by atoms with van der Waals surface area (Å²) in [5.74, 6) is 0. The van der Waals surface area contributed by atoms with Crippen LogP contribution in [0.3, 0.4) is 0 Å². The van der Waals surface area contributed by atoms with E-state index >= 15 is 0 Å². The van der Waals surface area contributed by atoms with E-state index < -0.39 is 0 Å². The second kappa shape index (κ2) is 6.76. The van der Waals surface area contributed by atoms with Crippen molar-refractivity contribution < 1.29 is 4.79 Å². The van der Waals surface area contributed by atoms with Crippen molar-refractivity contribution in [3.63, 3.8) is 0 Å². The van der Waals surface area contributed by atoms with E-state index in [0.29, 0.717) is 16.6 Å². The predicted molar refractivity (Wildman–Crippen MR) is 77.9 cm³/mol. The van der Waals surface area contributed by atoms with Crippen molar-refractivity contribution in [3.8, 4) is 0 Å². The van der Waals surface area contributed by atoms with Gasteiger partial charge in [0.1, 0.15) is 0 Å². The van der Waals surface area contributed by atoms with Crippen LogP contribution in [0, 0.1) is 0 Å². The minimum atomic E-state index is 0.338. The minimum Gasteiger partial charge on any atom is -0.367 e. The summed E-state index contributed by atoms with van der Waals surface area (Å²) in [7, 11) is 4.10. The van der Waals surface area contributed by atoms with Gasteiger partial charge in [0.15, 0.2) is 6.29 Å². The summed E-state index contributed by atoms with van der Waals surface area (Å²) >= 11 is 5.92. The third-order valence-electron chi connectivity index (χ3n) is 2.93.